The summed E-state index contributed by atoms with van der Waals surface area (Å²) < 4.78 is 19.6. The van der Waals surface area contributed by atoms with Crippen LogP contribution in [0.2, 0.25) is 0 Å². The van der Waals surface area contributed by atoms with Crippen molar-refractivity contribution in [2.45, 2.75) is 32.7 Å². The third kappa shape index (κ3) is 3.12. The average molecular weight is 339 g/mol. The zero-order valence-electron chi connectivity index (χ0n) is 16.2. The van der Waals surface area contributed by atoms with Crippen molar-refractivity contribution in [1.82, 2.24) is 23.6 Å². The molecule has 0 aliphatic rings. The fraction of sp³-hybridized carbons (Fsp3) is 0.600. The molecule has 2 heterocycles. The number of hydrogen-bond donors (Lipinski definition) is 1. The number of hydrogen-bond acceptors (Lipinski definition) is 5. The molecule has 0 bridgehead atoms. The van der Waals surface area contributed by atoms with Gasteiger partial charge >= 0.3 is 5.69 Å². The molecule has 0 atom stereocenters. The summed E-state index contributed by atoms with van der Waals surface area (Å²) in [5, 5.41) is 8.94. The highest BCUT2D eigenvalue weighted by atomic mass is 16.3. The quantitative estimate of drug-likeness (QED) is 0.703. The summed E-state index contributed by atoms with van der Waals surface area (Å²) in [7, 11) is 4.49. The van der Waals surface area contributed by atoms with Gasteiger partial charge in [0.15, 0.2) is 11.2 Å². The molecule has 0 radical (unpaired) electrons. The Morgan fingerprint density at radius 1 is 1.29 bits per heavy atom. The number of aliphatic hydroxyl groups is 1. The van der Waals surface area contributed by atoms with E-state index in [0.29, 0.717) is 17.0 Å². The smallest absolute Gasteiger partial charge is 0.332 e. The highest BCUT2D eigenvalue weighted by Gasteiger charge is 2.16. The maximum Gasteiger partial charge on any atom is 0.332 e. The lowest BCUT2D eigenvalue weighted by Gasteiger charge is -2.13. The summed E-state index contributed by atoms with van der Waals surface area (Å²) in [4.78, 5) is 42.1. The van der Waals surface area contributed by atoms with E-state index in [2.05, 4.69) is 4.98 Å². The molecule has 1 N–H and O–H groups in total. The fourth-order valence-corrected chi connectivity index (χ4v) is 2.38. The van der Waals surface area contributed by atoms with Crippen LogP contribution < -0.4 is 11.2 Å². The second kappa shape index (κ2) is 7.00. The zero-order chi connectivity index (χ0) is 19.8. The SMILES string of the molecule is [2H]C([2H])(CCCn1c(=O)c2c(nc(C)n2C)n(C)c1=O)C(=O)N(C)CO. The molecule has 1 amide bonds. The van der Waals surface area contributed by atoms with Crippen LogP contribution in [0.5, 0.6) is 0 Å². The van der Waals surface area contributed by atoms with Crippen LogP contribution in [0.15, 0.2) is 9.59 Å². The van der Waals surface area contributed by atoms with E-state index in [1.165, 1.54) is 18.7 Å². The Morgan fingerprint density at radius 2 is 1.96 bits per heavy atom. The van der Waals surface area contributed by atoms with Crippen LogP contribution >= 0.6 is 0 Å². The van der Waals surface area contributed by atoms with Gasteiger partial charge in [0.25, 0.3) is 5.56 Å². The van der Waals surface area contributed by atoms with Gasteiger partial charge in [0.1, 0.15) is 12.6 Å². The zero-order valence-corrected chi connectivity index (χ0v) is 14.2. The topological polar surface area (TPSA) is 102 Å². The van der Waals surface area contributed by atoms with Gasteiger partial charge in [-0.15, -0.1) is 0 Å². The van der Waals surface area contributed by atoms with Crippen molar-refractivity contribution in [1.29, 1.82) is 0 Å². The van der Waals surface area contributed by atoms with Crippen molar-refractivity contribution < 1.29 is 12.6 Å². The molecule has 9 heteroatoms. The maximum absolute atomic E-state index is 12.7. The molecule has 2 aromatic rings. The minimum atomic E-state index is -2.19. The van der Waals surface area contributed by atoms with E-state index < -0.39 is 30.3 Å². The first kappa shape index (κ1) is 15.1. The highest BCUT2D eigenvalue weighted by molar-refractivity contribution is 5.75. The molecule has 0 unspecified atom stereocenters. The lowest BCUT2D eigenvalue weighted by molar-refractivity contribution is -0.133. The van der Waals surface area contributed by atoms with Crippen molar-refractivity contribution in [2.75, 3.05) is 13.8 Å². The first-order valence-electron chi connectivity index (χ1n) is 8.52. The molecule has 2 aromatic heterocycles. The standard InChI is InChI=1S/C15H23N5O4/c1-10-16-13-12(18(10)3)14(23)20(15(24)19(13)4)8-6-5-7-11(22)17(2)9-21/h21H,5-9H2,1-4H3/i7D2. The van der Waals surface area contributed by atoms with E-state index in [4.69, 9.17) is 7.85 Å². The number of imidazole rings is 1. The highest BCUT2D eigenvalue weighted by Crippen LogP contribution is 2.08. The number of aryl methyl sites for hydroxylation is 3. The van der Waals surface area contributed by atoms with Crippen molar-refractivity contribution in [2.24, 2.45) is 14.1 Å². The van der Waals surface area contributed by atoms with Crippen molar-refractivity contribution in [3.63, 3.8) is 0 Å². The molecule has 132 valence electrons. The summed E-state index contributed by atoms with van der Waals surface area (Å²) >= 11 is 0. The normalized spacial score (nSPS) is 13.0. The fourth-order valence-electron chi connectivity index (χ4n) is 2.38. The molecule has 0 aromatic carbocycles. The molecule has 9 nitrogen and oxygen atoms in total. The molecular weight excluding hydrogens is 314 g/mol. The van der Waals surface area contributed by atoms with Crippen LogP contribution in [0.4, 0.5) is 0 Å². The van der Waals surface area contributed by atoms with Gasteiger partial charge in [0.05, 0.1) is 0 Å². The van der Waals surface area contributed by atoms with Crippen LogP contribution in [0.25, 0.3) is 11.2 Å². The van der Waals surface area contributed by atoms with Gasteiger partial charge in [-0.1, -0.05) is 0 Å². The van der Waals surface area contributed by atoms with Gasteiger partial charge in [-0.3, -0.25) is 18.7 Å². The lowest BCUT2D eigenvalue weighted by Crippen LogP contribution is -2.39. The Balaban J connectivity index is 2.30. The van der Waals surface area contributed by atoms with Crippen LogP contribution in [0.3, 0.4) is 0 Å². The molecule has 24 heavy (non-hydrogen) atoms. The Morgan fingerprint density at radius 3 is 2.58 bits per heavy atom. The monoisotopic (exact) mass is 339 g/mol. The molecule has 0 fully saturated rings. The molecule has 0 saturated carbocycles. The molecule has 2 rings (SSSR count). The summed E-state index contributed by atoms with van der Waals surface area (Å²) in [6, 6.07) is 0. The second-order valence-electron chi connectivity index (χ2n) is 5.61. The summed E-state index contributed by atoms with van der Waals surface area (Å²) in [6.07, 6.45) is -2.27. The first-order chi connectivity index (χ1) is 12.0. The lowest BCUT2D eigenvalue weighted by atomic mass is 10.2. The van der Waals surface area contributed by atoms with Gasteiger partial charge < -0.3 is 14.6 Å². The van der Waals surface area contributed by atoms with E-state index in [1.807, 2.05) is 0 Å². The van der Waals surface area contributed by atoms with Crippen LogP contribution in [0.1, 0.15) is 27.8 Å². The number of amides is 1. The molecule has 0 aliphatic carbocycles. The summed E-state index contributed by atoms with van der Waals surface area (Å²) in [6.45, 7) is 1.11. The van der Waals surface area contributed by atoms with Crippen molar-refractivity contribution in [3.05, 3.63) is 26.7 Å². The summed E-state index contributed by atoms with van der Waals surface area (Å²) in [5.74, 6) is -0.253. The van der Waals surface area contributed by atoms with E-state index in [1.54, 1.807) is 18.5 Å². The Labute approximate surface area is 141 Å². The van der Waals surface area contributed by atoms with Crippen molar-refractivity contribution >= 4 is 17.1 Å². The molecular formula is C15H23N5O4. The number of aromatic nitrogens is 4. The number of aliphatic hydroxyl groups excluding tert-OH is 1. The van der Waals surface area contributed by atoms with E-state index in [-0.39, 0.29) is 19.4 Å². The number of carbonyl (C=O) groups excluding carboxylic acids is 1. The predicted octanol–water partition coefficient (Wildman–Crippen LogP) is -0.679. The third-order valence-electron chi connectivity index (χ3n) is 3.98. The predicted molar refractivity (Wildman–Crippen MR) is 88.7 cm³/mol. The molecule has 0 saturated heterocycles. The van der Waals surface area contributed by atoms with E-state index in [9.17, 15) is 14.4 Å². The van der Waals surface area contributed by atoms with Crippen LogP contribution in [-0.4, -0.2) is 48.4 Å². The van der Waals surface area contributed by atoms with Gasteiger partial charge in [0, 0.05) is 36.8 Å². The second-order valence-corrected chi connectivity index (χ2v) is 5.61. The van der Waals surface area contributed by atoms with Crippen LogP contribution in [0, 0.1) is 6.92 Å². The van der Waals surface area contributed by atoms with E-state index >= 15 is 0 Å². The molecule has 0 aliphatic heterocycles. The number of nitrogens with zero attached hydrogens (tertiary/aromatic N) is 5. The number of fused-ring (bicyclic) bond motifs is 1. The van der Waals surface area contributed by atoms with Gasteiger partial charge in [-0.05, 0) is 19.8 Å². The molecule has 0 spiro atoms. The van der Waals surface area contributed by atoms with E-state index in [0.717, 1.165) is 9.47 Å². The summed E-state index contributed by atoms with van der Waals surface area (Å²) in [5.41, 5.74) is -0.444. The number of rotatable bonds is 6. The van der Waals surface area contributed by atoms with Gasteiger partial charge in [0.2, 0.25) is 5.91 Å². The average Bonchev–Trinajstić information content (AvgIpc) is 2.89. The number of carbonyl (C=O) groups is 1. The van der Waals surface area contributed by atoms with Crippen molar-refractivity contribution in [3.8, 4) is 0 Å². The minimum absolute atomic E-state index is 0.0265. The minimum Gasteiger partial charge on any atom is -0.376 e. The van der Waals surface area contributed by atoms with Gasteiger partial charge in [-0.2, -0.15) is 0 Å². The maximum atomic E-state index is 12.7. The van der Waals surface area contributed by atoms with Crippen LogP contribution in [-0.2, 0) is 25.4 Å². The Kier molecular flexibility index (Phi) is 4.41. The van der Waals surface area contributed by atoms with Gasteiger partial charge in [-0.25, -0.2) is 9.78 Å². The first-order valence-corrected chi connectivity index (χ1v) is 7.52. The largest absolute Gasteiger partial charge is 0.376 e. The third-order valence-corrected chi connectivity index (χ3v) is 3.98. The Hall–Kier alpha value is -2.42. The Bertz CT molecular complexity index is 960.